The molecule has 0 aromatic rings. The Morgan fingerprint density at radius 3 is 1.54 bits per heavy atom. The highest BCUT2D eigenvalue weighted by Gasteiger charge is 2.70. The van der Waals surface area contributed by atoms with Crippen molar-refractivity contribution in [1.29, 1.82) is 0 Å². The Labute approximate surface area is 358 Å². The summed E-state index contributed by atoms with van der Waals surface area (Å²) in [6.07, 6.45) is 14.9. The summed E-state index contributed by atoms with van der Waals surface area (Å²) in [5.74, 6) is 15.1. The van der Waals surface area contributed by atoms with E-state index in [1.165, 1.54) is 64.2 Å². The lowest BCUT2D eigenvalue weighted by atomic mass is 9.63. The van der Waals surface area contributed by atoms with E-state index in [0.29, 0.717) is 31.7 Å². The molecule has 10 fully saturated rings. The first kappa shape index (κ1) is 41.3. The first-order valence-electron chi connectivity index (χ1n) is 24.0. The van der Waals surface area contributed by atoms with Gasteiger partial charge >= 0.3 is 0 Å². The van der Waals surface area contributed by atoms with Crippen LogP contribution in [0.2, 0.25) is 0 Å². The van der Waals surface area contributed by atoms with E-state index in [0.717, 1.165) is 113 Å². The van der Waals surface area contributed by atoms with Gasteiger partial charge in [-0.2, -0.15) is 0 Å². The number of quaternary nitrogens is 2. The number of hydrogen-bond donors (Lipinski definition) is 6. The molecular weight excluding hydrogens is 827 g/mol. The Morgan fingerprint density at radius 1 is 0.561 bits per heavy atom. The molecule has 21 unspecified atom stereocenters. The number of alkyl halides is 1. The number of nitrogens with one attached hydrogen (secondary N) is 6. The fourth-order valence-electron chi connectivity index (χ4n) is 17.9. The Hall–Kier alpha value is 0.330. The molecule has 10 nitrogen and oxygen atoms in total. The lowest BCUT2D eigenvalue weighted by Crippen LogP contribution is -3.07. The molecule has 0 amide bonds. The summed E-state index contributed by atoms with van der Waals surface area (Å²) in [6, 6.07) is 2.61. The first-order chi connectivity index (χ1) is 27.1. The molecule has 10 rings (SSSR count). The van der Waals surface area contributed by atoms with E-state index in [2.05, 4.69) is 78.6 Å². The van der Waals surface area contributed by atoms with Crippen LogP contribution in [0.1, 0.15) is 112 Å². The van der Waals surface area contributed by atoms with Crippen molar-refractivity contribution >= 4 is 22.6 Å². The van der Waals surface area contributed by atoms with Gasteiger partial charge in [-0.3, -0.25) is 0 Å². The number of fused-ring (bicyclic) bond motifs is 24. The van der Waals surface area contributed by atoms with Crippen molar-refractivity contribution in [3.05, 3.63) is 10.4 Å². The highest BCUT2D eigenvalue weighted by atomic mass is 127. The third-order valence-corrected chi connectivity index (χ3v) is 19.6. The first-order valence-corrected chi connectivity index (χ1v) is 25.1. The molecule has 10 saturated carbocycles. The second-order valence-corrected chi connectivity index (χ2v) is 26.8. The molecule has 324 valence electrons. The van der Waals surface area contributed by atoms with E-state index in [9.17, 15) is 10.4 Å². The van der Waals surface area contributed by atoms with E-state index in [-0.39, 0.29) is 32.8 Å². The van der Waals surface area contributed by atoms with E-state index in [1.807, 2.05) is 13.8 Å². The zero-order chi connectivity index (χ0) is 39.8. The molecular formula is C46H79IN6O4. The van der Waals surface area contributed by atoms with Gasteiger partial charge in [0.2, 0.25) is 0 Å². The Balaban J connectivity index is 0.612. The minimum absolute atomic E-state index is 0.101. The normalized spacial score (nSPS) is 49.6. The summed E-state index contributed by atoms with van der Waals surface area (Å²) >= 11 is 2.58. The lowest BCUT2D eigenvalue weighted by Gasteiger charge is -2.45. The summed E-state index contributed by atoms with van der Waals surface area (Å²) in [6.45, 7) is 15.3. The highest BCUT2D eigenvalue weighted by Crippen LogP contribution is 2.74. The summed E-state index contributed by atoms with van der Waals surface area (Å²) in [4.78, 5) is 11.6. The molecule has 0 saturated heterocycles. The SMILES string of the molecule is CNC1CC2C(C1)C1CC2C2C3CC(NC(C)(C)CC[NH+]([O-])OCC(C)(C)CO[NH+]([O-])CCNC4CC5C6CC(C7C8CC(CC8NC(C)(C)I)C67)[C@H]5C4)C(C3)C12. The molecule has 0 aromatic carbocycles. The molecule has 0 aromatic heterocycles. The van der Waals surface area contributed by atoms with Gasteiger partial charge in [0.15, 0.2) is 0 Å². The van der Waals surface area contributed by atoms with Crippen molar-refractivity contribution in [3.63, 3.8) is 0 Å². The number of rotatable bonds is 18. The zero-order valence-corrected chi connectivity index (χ0v) is 38.5. The van der Waals surface area contributed by atoms with Crippen molar-refractivity contribution in [2.75, 3.05) is 39.9 Å². The largest absolute Gasteiger partial charge is 0.600 e. The van der Waals surface area contributed by atoms with Crippen LogP contribution < -0.4 is 31.7 Å². The van der Waals surface area contributed by atoms with Gasteiger partial charge in [-0.25, -0.2) is 20.1 Å². The van der Waals surface area contributed by atoms with Crippen LogP contribution in [0.4, 0.5) is 0 Å². The average Bonchev–Trinajstić information content (AvgIpc) is 3.98. The summed E-state index contributed by atoms with van der Waals surface area (Å²) < 4.78 is 0.175. The van der Waals surface area contributed by atoms with Crippen LogP contribution in [-0.2, 0) is 9.68 Å². The van der Waals surface area contributed by atoms with Gasteiger partial charge in [0.25, 0.3) is 0 Å². The minimum Gasteiger partial charge on any atom is -0.600 e. The topological polar surface area (TPSA) is 122 Å². The molecule has 0 radical (unpaired) electrons. The zero-order valence-electron chi connectivity index (χ0n) is 36.4. The maximum absolute atomic E-state index is 13.0. The minimum atomic E-state index is -0.418. The van der Waals surface area contributed by atoms with Crippen LogP contribution in [0.15, 0.2) is 0 Å². The van der Waals surface area contributed by atoms with E-state index in [1.54, 1.807) is 0 Å². The molecule has 10 aliphatic carbocycles. The molecule has 0 spiro atoms. The third kappa shape index (κ3) is 7.56. The maximum Gasteiger partial charge on any atom is 0.119 e. The van der Waals surface area contributed by atoms with Crippen LogP contribution in [0.3, 0.4) is 0 Å². The molecule has 22 atom stereocenters. The van der Waals surface area contributed by atoms with Gasteiger partial charge in [-0.15, -0.1) is 0 Å². The van der Waals surface area contributed by atoms with Gasteiger partial charge in [0, 0.05) is 48.1 Å². The highest BCUT2D eigenvalue weighted by molar-refractivity contribution is 14.1. The van der Waals surface area contributed by atoms with Gasteiger partial charge in [0.05, 0.1) is 3.55 Å². The maximum atomic E-state index is 13.0. The van der Waals surface area contributed by atoms with Crippen LogP contribution in [0.5, 0.6) is 0 Å². The van der Waals surface area contributed by atoms with E-state index >= 15 is 0 Å². The number of hydroxylamine groups is 4. The predicted molar refractivity (Wildman–Crippen MR) is 231 cm³/mol. The second kappa shape index (κ2) is 15.3. The van der Waals surface area contributed by atoms with Crippen molar-refractivity contribution in [3.8, 4) is 0 Å². The molecule has 57 heavy (non-hydrogen) atoms. The second-order valence-electron chi connectivity index (χ2n) is 24.1. The van der Waals surface area contributed by atoms with Gasteiger partial charge in [-0.1, -0.05) is 36.4 Å². The number of hydrogen-bond acceptors (Lipinski definition) is 8. The molecule has 0 aliphatic heterocycles. The van der Waals surface area contributed by atoms with Crippen molar-refractivity contribution in [2.24, 2.45) is 100 Å². The molecule has 6 N–H and O–H groups in total. The molecule has 0 heterocycles. The smallest absolute Gasteiger partial charge is 0.119 e. The quantitative estimate of drug-likeness (QED) is 0.0396. The van der Waals surface area contributed by atoms with Gasteiger partial charge < -0.3 is 31.7 Å². The molecule has 10 aliphatic rings. The van der Waals surface area contributed by atoms with Crippen molar-refractivity contribution in [2.45, 2.75) is 145 Å². The van der Waals surface area contributed by atoms with Crippen molar-refractivity contribution < 1.29 is 20.1 Å². The summed E-state index contributed by atoms with van der Waals surface area (Å²) in [5.41, 5.74) is -0.519. The monoisotopic (exact) mass is 907 g/mol. The number of halogens is 1. The van der Waals surface area contributed by atoms with Gasteiger partial charge in [0.1, 0.15) is 26.3 Å². The van der Waals surface area contributed by atoms with Crippen molar-refractivity contribution in [1.82, 2.24) is 21.3 Å². The fourth-order valence-corrected chi connectivity index (χ4v) is 18.3. The predicted octanol–water partition coefficient (Wildman–Crippen LogP) is 4.34. The van der Waals surface area contributed by atoms with Crippen LogP contribution in [-0.4, -0.2) is 73.1 Å². The van der Waals surface area contributed by atoms with Crippen LogP contribution in [0.25, 0.3) is 0 Å². The standard InChI is InChI=1S/C46H79IN6O4/c1-44(2,22-56-52(54)10-8-45(3,4)50-38-14-24-12-36(38)42-34-20-32(40(24)42)28-16-26(48-7)17-29(28)34)23-57-53(55)11-9-49-27-18-30-31(19-27)35-21-33(30)41-25-13-37(43(35)41)39(15-25)51-46(5,6)47/h24-43,48-53H,8-23H2,1-7H3/t24?,25?,26?,27?,28?,29?,30?,31-,32?,33?,34?,35?,36?,37?,38?,39?,40?,41?,42?,43?/m0/s1. The Morgan fingerprint density at radius 2 is 1.04 bits per heavy atom. The molecule has 8 bridgehead atoms. The summed E-state index contributed by atoms with van der Waals surface area (Å²) in [7, 11) is 2.17. The summed E-state index contributed by atoms with van der Waals surface area (Å²) in [5, 5.41) is 41.0. The fraction of sp³-hybridized carbons (Fsp3) is 1.00. The van der Waals surface area contributed by atoms with Crippen LogP contribution in [0, 0.1) is 111 Å². The third-order valence-electron chi connectivity index (χ3n) is 19.3. The van der Waals surface area contributed by atoms with Crippen LogP contribution >= 0.6 is 22.6 Å². The Kier molecular flexibility index (Phi) is 11.1. The Bertz CT molecular complexity index is 1460. The lowest BCUT2D eigenvalue weighted by molar-refractivity contribution is -1.06. The van der Waals surface area contributed by atoms with Gasteiger partial charge in [-0.05, 0) is 194 Å². The van der Waals surface area contributed by atoms with E-state index < -0.39 is 5.41 Å². The van der Waals surface area contributed by atoms with E-state index in [4.69, 9.17) is 9.68 Å². The molecule has 11 heteroatoms. The average molecular weight is 907 g/mol.